The topological polar surface area (TPSA) is 52.6 Å². The molecule has 0 aliphatic carbocycles. The van der Waals surface area contributed by atoms with Crippen molar-refractivity contribution in [2.75, 3.05) is 6.61 Å². The van der Waals surface area contributed by atoms with Crippen molar-refractivity contribution >= 4 is 27.7 Å². The highest BCUT2D eigenvalue weighted by Crippen LogP contribution is 2.26. The molecule has 0 unspecified atom stereocenters. The molecule has 120 valence electrons. The fourth-order valence-electron chi connectivity index (χ4n) is 2.00. The van der Waals surface area contributed by atoms with Crippen LogP contribution in [0.3, 0.4) is 0 Å². The van der Waals surface area contributed by atoms with Gasteiger partial charge in [-0.25, -0.2) is 4.79 Å². The van der Waals surface area contributed by atoms with E-state index in [1.165, 1.54) is 6.92 Å². The number of rotatable bonds is 6. The zero-order valence-electron chi connectivity index (χ0n) is 13.0. The molecule has 0 aliphatic heterocycles. The number of carbonyl (C=O) groups excluding carboxylic acids is 2. The van der Waals surface area contributed by atoms with Gasteiger partial charge in [-0.05, 0) is 43.7 Å². The van der Waals surface area contributed by atoms with Gasteiger partial charge in [0, 0.05) is 4.47 Å². The molecule has 0 amide bonds. The Morgan fingerprint density at radius 2 is 1.78 bits per heavy atom. The molecular formula is C18H17BrO4. The first-order chi connectivity index (χ1) is 11.0. The Bertz CT molecular complexity index is 725. The van der Waals surface area contributed by atoms with Crippen molar-refractivity contribution < 1.29 is 19.1 Å². The Hall–Kier alpha value is -2.14. The van der Waals surface area contributed by atoms with E-state index in [0.717, 1.165) is 10.9 Å². The summed E-state index contributed by atoms with van der Waals surface area (Å²) in [4.78, 5) is 24.1. The molecule has 4 nitrogen and oxygen atoms in total. The minimum atomic E-state index is -0.564. The van der Waals surface area contributed by atoms with Crippen LogP contribution in [0.2, 0.25) is 0 Å². The lowest BCUT2D eigenvalue weighted by atomic mass is 10.1. The summed E-state index contributed by atoms with van der Waals surface area (Å²) in [7, 11) is 0. The number of benzene rings is 2. The summed E-state index contributed by atoms with van der Waals surface area (Å²) in [5.74, 6) is -0.0250. The molecular weight excluding hydrogens is 360 g/mol. The molecule has 23 heavy (non-hydrogen) atoms. The van der Waals surface area contributed by atoms with Crippen molar-refractivity contribution in [1.29, 1.82) is 0 Å². The normalized spacial score (nSPS) is 10.2. The lowest BCUT2D eigenvalue weighted by Gasteiger charge is -2.12. The average Bonchev–Trinajstić information content (AvgIpc) is 2.54. The van der Waals surface area contributed by atoms with E-state index in [0.29, 0.717) is 23.5 Å². The van der Waals surface area contributed by atoms with Gasteiger partial charge in [0.2, 0.25) is 0 Å². The Balaban J connectivity index is 2.31. The summed E-state index contributed by atoms with van der Waals surface area (Å²) in [6, 6.07) is 11.8. The molecule has 0 saturated carbocycles. The largest absolute Gasteiger partial charge is 0.493 e. The molecule has 2 aromatic carbocycles. The molecule has 0 bridgehead atoms. The summed E-state index contributed by atoms with van der Waals surface area (Å²) in [6.45, 7) is 3.92. The standard InChI is InChI=1S/C18H17BrO4/c1-3-10-22-16-9-8-13(19)11-15(16)18(21)23-17-7-5-4-6-14(17)12(2)20/h4-9,11H,3,10H2,1-2H3. The molecule has 0 fully saturated rings. The van der Waals surface area contributed by atoms with Crippen LogP contribution < -0.4 is 9.47 Å². The van der Waals surface area contributed by atoms with Crippen molar-refractivity contribution in [2.45, 2.75) is 20.3 Å². The van der Waals surface area contributed by atoms with Gasteiger partial charge in [-0.2, -0.15) is 0 Å². The predicted molar refractivity (Wildman–Crippen MR) is 91.3 cm³/mol. The van der Waals surface area contributed by atoms with E-state index in [4.69, 9.17) is 9.47 Å². The molecule has 0 aliphatic rings. The number of Topliss-reactive ketones (excluding diaryl/α,β-unsaturated/α-hetero) is 1. The zero-order valence-corrected chi connectivity index (χ0v) is 14.6. The van der Waals surface area contributed by atoms with Gasteiger partial charge in [0.05, 0.1) is 12.2 Å². The third-order valence-electron chi connectivity index (χ3n) is 3.09. The Morgan fingerprint density at radius 1 is 1.04 bits per heavy atom. The van der Waals surface area contributed by atoms with E-state index in [2.05, 4.69) is 15.9 Å². The molecule has 0 saturated heterocycles. The smallest absolute Gasteiger partial charge is 0.347 e. The second kappa shape index (κ2) is 7.92. The van der Waals surface area contributed by atoms with E-state index in [-0.39, 0.29) is 11.5 Å². The minimum Gasteiger partial charge on any atom is -0.493 e. The van der Waals surface area contributed by atoms with Gasteiger partial charge >= 0.3 is 5.97 Å². The predicted octanol–water partition coefficient (Wildman–Crippen LogP) is 4.66. The van der Waals surface area contributed by atoms with Gasteiger partial charge in [-0.3, -0.25) is 4.79 Å². The monoisotopic (exact) mass is 376 g/mol. The average molecular weight is 377 g/mol. The first-order valence-corrected chi connectivity index (χ1v) is 8.06. The number of ketones is 1. The van der Waals surface area contributed by atoms with Crippen LogP contribution >= 0.6 is 15.9 Å². The van der Waals surface area contributed by atoms with Crippen LogP contribution in [0.4, 0.5) is 0 Å². The van der Waals surface area contributed by atoms with Gasteiger partial charge in [0.1, 0.15) is 17.1 Å². The summed E-state index contributed by atoms with van der Waals surface area (Å²) in [5, 5.41) is 0. The second-order valence-corrected chi connectivity index (χ2v) is 5.85. The number of hydrogen-bond donors (Lipinski definition) is 0. The number of hydrogen-bond acceptors (Lipinski definition) is 4. The van der Waals surface area contributed by atoms with Crippen molar-refractivity contribution in [3.8, 4) is 11.5 Å². The Kier molecular flexibility index (Phi) is 5.93. The number of halogens is 1. The van der Waals surface area contributed by atoms with Gasteiger partial charge in [-0.15, -0.1) is 0 Å². The van der Waals surface area contributed by atoms with Gasteiger partial charge in [0.25, 0.3) is 0 Å². The molecule has 0 heterocycles. The maximum absolute atomic E-state index is 12.5. The molecule has 2 aromatic rings. The Labute approximate surface area is 143 Å². The van der Waals surface area contributed by atoms with Crippen molar-refractivity contribution in [3.63, 3.8) is 0 Å². The zero-order chi connectivity index (χ0) is 16.8. The highest BCUT2D eigenvalue weighted by atomic mass is 79.9. The molecule has 0 atom stereocenters. The Morgan fingerprint density at radius 3 is 2.48 bits per heavy atom. The fraction of sp³-hybridized carbons (Fsp3) is 0.222. The second-order valence-electron chi connectivity index (χ2n) is 4.93. The molecule has 0 aromatic heterocycles. The highest BCUT2D eigenvalue weighted by molar-refractivity contribution is 9.10. The number of ether oxygens (including phenoxy) is 2. The third kappa shape index (κ3) is 4.42. The van der Waals surface area contributed by atoms with Crippen LogP contribution in [-0.4, -0.2) is 18.4 Å². The summed E-state index contributed by atoms with van der Waals surface area (Å²) in [6.07, 6.45) is 0.831. The summed E-state index contributed by atoms with van der Waals surface area (Å²) < 4.78 is 11.7. The van der Waals surface area contributed by atoms with E-state index >= 15 is 0 Å². The van der Waals surface area contributed by atoms with Crippen LogP contribution in [-0.2, 0) is 0 Å². The maximum atomic E-state index is 12.5. The van der Waals surface area contributed by atoms with Crippen LogP contribution in [0.15, 0.2) is 46.9 Å². The number of carbonyl (C=O) groups is 2. The summed E-state index contributed by atoms with van der Waals surface area (Å²) >= 11 is 3.34. The van der Waals surface area contributed by atoms with Crippen molar-refractivity contribution in [1.82, 2.24) is 0 Å². The van der Waals surface area contributed by atoms with Crippen molar-refractivity contribution in [3.05, 3.63) is 58.1 Å². The number of esters is 1. The lowest BCUT2D eigenvalue weighted by Crippen LogP contribution is -2.13. The van der Waals surface area contributed by atoms with Crippen LogP contribution in [0.5, 0.6) is 11.5 Å². The molecule has 0 spiro atoms. The number of para-hydroxylation sites is 1. The summed E-state index contributed by atoms with van der Waals surface area (Å²) in [5.41, 5.74) is 0.679. The first-order valence-electron chi connectivity index (χ1n) is 7.27. The van der Waals surface area contributed by atoms with Crippen LogP contribution in [0.25, 0.3) is 0 Å². The molecule has 2 rings (SSSR count). The van der Waals surface area contributed by atoms with Gasteiger partial charge in [-0.1, -0.05) is 35.0 Å². The van der Waals surface area contributed by atoms with Crippen LogP contribution in [0, 0.1) is 0 Å². The minimum absolute atomic E-state index is 0.162. The van der Waals surface area contributed by atoms with E-state index in [9.17, 15) is 9.59 Å². The van der Waals surface area contributed by atoms with E-state index in [1.54, 1.807) is 42.5 Å². The SMILES string of the molecule is CCCOc1ccc(Br)cc1C(=O)Oc1ccccc1C(C)=O. The van der Waals surface area contributed by atoms with E-state index in [1.807, 2.05) is 6.92 Å². The first kappa shape index (κ1) is 17.2. The molecule has 0 N–H and O–H groups in total. The fourth-order valence-corrected chi connectivity index (χ4v) is 2.36. The maximum Gasteiger partial charge on any atom is 0.347 e. The van der Waals surface area contributed by atoms with Crippen LogP contribution in [0.1, 0.15) is 41.0 Å². The molecule has 5 heteroatoms. The van der Waals surface area contributed by atoms with Gasteiger partial charge in [0.15, 0.2) is 5.78 Å². The lowest BCUT2D eigenvalue weighted by molar-refractivity contribution is 0.0728. The third-order valence-corrected chi connectivity index (χ3v) is 3.59. The highest BCUT2D eigenvalue weighted by Gasteiger charge is 2.18. The quantitative estimate of drug-likeness (QED) is 0.417. The van der Waals surface area contributed by atoms with Crippen molar-refractivity contribution in [2.24, 2.45) is 0 Å². The molecule has 0 radical (unpaired) electrons. The van der Waals surface area contributed by atoms with E-state index < -0.39 is 5.97 Å². The van der Waals surface area contributed by atoms with Gasteiger partial charge < -0.3 is 9.47 Å².